The first-order valence-corrected chi connectivity index (χ1v) is 7.59. The third-order valence-corrected chi connectivity index (χ3v) is 3.66. The average Bonchev–Trinajstić information content (AvgIpc) is 2.73. The molecule has 1 aromatic carbocycles. The summed E-state index contributed by atoms with van der Waals surface area (Å²) in [4.78, 5) is 11.6. The van der Waals surface area contributed by atoms with Gasteiger partial charge >= 0.3 is 0 Å². The molecule has 21 heavy (non-hydrogen) atoms. The van der Waals surface area contributed by atoms with Gasteiger partial charge in [-0.3, -0.25) is 9.48 Å². The van der Waals surface area contributed by atoms with E-state index in [-0.39, 0.29) is 5.91 Å². The Morgan fingerprint density at radius 2 is 2.05 bits per heavy atom. The van der Waals surface area contributed by atoms with Gasteiger partial charge in [0.25, 0.3) is 0 Å². The Balaban J connectivity index is 2.13. The van der Waals surface area contributed by atoms with Gasteiger partial charge in [-0.2, -0.15) is 5.10 Å². The number of hydrogen-bond acceptors (Lipinski definition) is 2. The predicted octanol–water partition coefficient (Wildman–Crippen LogP) is 4.63. The summed E-state index contributed by atoms with van der Waals surface area (Å²) in [7, 11) is 0. The van der Waals surface area contributed by atoms with E-state index in [0.717, 1.165) is 12.0 Å². The van der Waals surface area contributed by atoms with Gasteiger partial charge in [0.05, 0.1) is 6.54 Å². The molecule has 0 aliphatic heterocycles. The highest BCUT2D eigenvalue weighted by atomic mass is 35.5. The lowest BCUT2D eigenvalue weighted by Gasteiger charge is -2.05. The summed E-state index contributed by atoms with van der Waals surface area (Å²) in [5.41, 5.74) is 0.867. The van der Waals surface area contributed by atoms with Gasteiger partial charge in [0, 0.05) is 22.7 Å². The Morgan fingerprint density at radius 3 is 2.71 bits per heavy atom. The molecule has 2 aromatic rings. The van der Waals surface area contributed by atoms with E-state index in [4.69, 9.17) is 34.8 Å². The fourth-order valence-corrected chi connectivity index (χ4v) is 2.47. The standard InChI is InChI=1S/C14H14Cl3N3O/c1-2-3-13(21)18-14-12(17)8-20(19-14)7-9-4-5-10(15)6-11(9)16/h4-6,8H,2-3,7H2,1H3,(H,18,19,21). The molecule has 0 radical (unpaired) electrons. The lowest BCUT2D eigenvalue weighted by Crippen LogP contribution is -2.12. The zero-order valence-electron chi connectivity index (χ0n) is 11.4. The fourth-order valence-electron chi connectivity index (χ4n) is 1.81. The highest BCUT2D eigenvalue weighted by Crippen LogP contribution is 2.24. The minimum absolute atomic E-state index is 0.103. The summed E-state index contributed by atoms with van der Waals surface area (Å²) in [5.74, 6) is 0.259. The van der Waals surface area contributed by atoms with Crippen molar-refractivity contribution in [2.45, 2.75) is 26.3 Å². The smallest absolute Gasteiger partial charge is 0.225 e. The molecule has 2 rings (SSSR count). The van der Waals surface area contributed by atoms with Crippen molar-refractivity contribution < 1.29 is 4.79 Å². The first-order valence-electron chi connectivity index (χ1n) is 6.46. The number of benzene rings is 1. The number of nitrogens with zero attached hydrogens (tertiary/aromatic N) is 2. The number of halogens is 3. The number of aromatic nitrogens is 2. The second-order valence-electron chi connectivity index (χ2n) is 4.56. The quantitative estimate of drug-likeness (QED) is 0.858. The van der Waals surface area contributed by atoms with Crippen molar-refractivity contribution in [1.29, 1.82) is 0 Å². The number of rotatable bonds is 5. The molecule has 0 atom stereocenters. The van der Waals surface area contributed by atoms with Crippen LogP contribution in [0.1, 0.15) is 25.3 Å². The molecule has 1 N–H and O–H groups in total. The third kappa shape index (κ3) is 4.37. The van der Waals surface area contributed by atoms with E-state index < -0.39 is 0 Å². The highest BCUT2D eigenvalue weighted by Gasteiger charge is 2.11. The maximum atomic E-state index is 11.6. The summed E-state index contributed by atoms with van der Waals surface area (Å²) >= 11 is 18.1. The Kier molecular flexibility index (Phi) is 5.51. The second-order valence-corrected chi connectivity index (χ2v) is 5.81. The van der Waals surface area contributed by atoms with Crippen LogP contribution in [0.25, 0.3) is 0 Å². The SMILES string of the molecule is CCCC(=O)Nc1nn(Cc2ccc(Cl)cc2Cl)cc1Cl. The maximum Gasteiger partial charge on any atom is 0.225 e. The summed E-state index contributed by atoms with van der Waals surface area (Å²) in [6, 6.07) is 5.26. The third-order valence-electron chi connectivity index (χ3n) is 2.80. The molecular weight excluding hydrogens is 333 g/mol. The number of anilines is 1. The normalized spacial score (nSPS) is 10.7. The summed E-state index contributed by atoms with van der Waals surface area (Å²) < 4.78 is 1.62. The van der Waals surface area contributed by atoms with Crippen LogP contribution < -0.4 is 5.32 Å². The van der Waals surface area contributed by atoms with Crippen molar-refractivity contribution in [3.63, 3.8) is 0 Å². The van der Waals surface area contributed by atoms with Gasteiger partial charge in [-0.05, 0) is 24.1 Å². The molecule has 0 aliphatic rings. The molecule has 7 heteroatoms. The van der Waals surface area contributed by atoms with Gasteiger partial charge in [-0.15, -0.1) is 0 Å². The number of carbonyl (C=O) groups excluding carboxylic acids is 1. The molecule has 0 aliphatic carbocycles. The number of amides is 1. The molecule has 1 aromatic heterocycles. The van der Waals surface area contributed by atoms with Crippen molar-refractivity contribution in [1.82, 2.24) is 9.78 Å². The first-order chi connectivity index (χ1) is 9.99. The van der Waals surface area contributed by atoms with Crippen molar-refractivity contribution in [2.75, 3.05) is 5.32 Å². The van der Waals surface area contributed by atoms with Gasteiger partial charge in [0.2, 0.25) is 5.91 Å². The maximum absolute atomic E-state index is 11.6. The fraction of sp³-hybridized carbons (Fsp3) is 0.286. The van der Waals surface area contributed by atoms with Crippen LogP contribution in [0.15, 0.2) is 24.4 Å². The zero-order chi connectivity index (χ0) is 15.4. The van der Waals surface area contributed by atoms with Crippen LogP contribution in [0.3, 0.4) is 0 Å². The van der Waals surface area contributed by atoms with E-state index >= 15 is 0 Å². The summed E-state index contributed by atoms with van der Waals surface area (Å²) in [5, 5.41) is 8.47. The number of carbonyl (C=O) groups is 1. The van der Waals surface area contributed by atoms with E-state index in [1.165, 1.54) is 0 Å². The number of nitrogens with one attached hydrogen (secondary N) is 1. The molecule has 112 valence electrons. The minimum Gasteiger partial charge on any atom is -0.308 e. The summed E-state index contributed by atoms with van der Waals surface area (Å²) in [6.45, 7) is 2.38. The molecule has 0 unspecified atom stereocenters. The van der Waals surface area contributed by atoms with Crippen LogP contribution in [0.4, 0.5) is 5.82 Å². The van der Waals surface area contributed by atoms with Crippen LogP contribution >= 0.6 is 34.8 Å². The van der Waals surface area contributed by atoms with Gasteiger partial charge in [-0.1, -0.05) is 47.8 Å². The molecule has 0 bridgehead atoms. The molecular formula is C14H14Cl3N3O. The molecule has 0 saturated heterocycles. The van der Waals surface area contributed by atoms with Crippen LogP contribution in [-0.2, 0) is 11.3 Å². The molecule has 1 amide bonds. The topological polar surface area (TPSA) is 46.9 Å². The minimum atomic E-state index is -0.103. The van der Waals surface area contributed by atoms with Crippen LogP contribution in [-0.4, -0.2) is 15.7 Å². The molecule has 0 spiro atoms. The Morgan fingerprint density at radius 1 is 1.29 bits per heavy atom. The lowest BCUT2D eigenvalue weighted by atomic mass is 10.2. The van der Waals surface area contributed by atoms with Crippen molar-refractivity contribution in [2.24, 2.45) is 0 Å². The first kappa shape index (κ1) is 16.1. The van der Waals surface area contributed by atoms with Crippen molar-refractivity contribution in [3.8, 4) is 0 Å². The van der Waals surface area contributed by atoms with Gasteiger partial charge in [0.1, 0.15) is 5.02 Å². The largest absolute Gasteiger partial charge is 0.308 e. The molecule has 0 saturated carbocycles. The monoisotopic (exact) mass is 345 g/mol. The molecule has 0 fully saturated rings. The van der Waals surface area contributed by atoms with E-state index in [0.29, 0.717) is 33.9 Å². The van der Waals surface area contributed by atoms with E-state index in [9.17, 15) is 4.79 Å². The lowest BCUT2D eigenvalue weighted by molar-refractivity contribution is -0.116. The van der Waals surface area contributed by atoms with E-state index in [2.05, 4.69) is 10.4 Å². The molecule has 1 heterocycles. The Labute approximate surface area is 138 Å². The van der Waals surface area contributed by atoms with Crippen LogP contribution in [0, 0.1) is 0 Å². The summed E-state index contributed by atoms with van der Waals surface area (Å²) in [6.07, 6.45) is 2.85. The second kappa shape index (κ2) is 7.16. The Bertz CT molecular complexity index is 655. The molecule has 4 nitrogen and oxygen atoms in total. The van der Waals surface area contributed by atoms with E-state index in [1.807, 2.05) is 13.0 Å². The van der Waals surface area contributed by atoms with Crippen LogP contribution in [0.5, 0.6) is 0 Å². The van der Waals surface area contributed by atoms with Crippen molar-refractivity contribution in [3.05, 3.63) is 45.0 Å². The van der Waals surface area contributed by atoms with Gasteiger partial charge in [0.15, 0.2) is 5.82 Å². The highest BCUT2D eigenvalue weighted by molar-refractivity contribution is 6.35. The Hall–Kier alpha value is -1.23. The predicted molar refractivity (Wildman–Crippen MR) is 86.3 cm³/mol. The van der Waals surface area contributed by atoms with E-state index in [1.54, 1.807) is 23.0 Å². The van der Waals surface area contributed by atoms with Crippen molar-refractivity contribution >= 4 is 46.5 Å². The van der Waals surface area contributed by atoms with Crippen LogP contribution in [0.2, 0.25) is 15.1 Å². The average molecular weight is 347 g/mol. The van der Waals surface area contributed by atoms with Gasteiger partial charge < -0.3 is 5.32 Å². The van der Waals surface area contributed by atoms with Gasteiger partial charge in [-0.25, -0.2) is 0 Å². The zero-order valence-corrected chi connectivity index (χ0v) is 13.6. The number of hydrogen-bond donors (Lipinski definition) is 1.